The van der Waals surface area contributed by atoms with Crippen LogP contribution in [0.3, 0.4) is 0 Å². The molecule has 2 fully saturated rings. The third-order valence-corrected chi connectivity index (χ3v) is 7.72. The van der Waals surface area contributed by atoms with E-state index in [-0.39, 0.29) is 41.8 Å². The maximum atomic E-state index is 13.0. The van der Waals surface area contributed by atoms with Gasteiger partial charge in [-0.25, -0.2) is 9.79 Å². The molecule has 0 spiro atoms. The van der Waals surface area contributed by atoms with Gasteiger partial charge in [0.15, 0.2) is 5.88 Å². The van der Waals surface area contributed by atoms with E-state index in [2.05, 4.69) is 11.1 Å². The molecular formula is C30H28N4O5. The number of aromatic nitrogens is 1. The Morgan fingerprint density at radius 3 is 2.64 bits per heavy atom. The molecule has 3 heterocycles. The zero-order valence-corrected chi connectivity index (χ0v) is 21.2. The van der Waals surface area contributed by atoms with Crippen LogP contribution in [0.1, 0.15) is 40.7 Å². The first kappa shape index (κ1) is 24.7. The maximum Gasteiger partial charge on any atom is 0.335 e. The molecule has 2 atom stereocenters. The number of likely N-dealkylation sites (tertiary alicyclic amines) is 2. The number of aromatic carboxylic acids is 1. The lowest BCUT2D eigenvalue weighted by Crippen LogP contribution is -2.43. The highest BCUT2D eigenvalue weighted by Gasteiger charge is 2.37. The molecule has 198 valence electrons. The molecule has 9 heteroatoms. The van der Waals surface area contributed by atoms with Crippen LogP contribution in [-0.4, -0.2) is 74.2 Å². The van der Waals surface area contributed by atoms with Gasteiger partial charge in [0.1, 0.15) is 0 Å². The van der Waals surface area contributed by atoms with E-state index in [1.165, 1.54) is 12.1 Å². The van der Waals surface area contributed by atoms with Crippen LogP contribution in [0.15, 0.2) is 77.4 Å². The van der Waals surface area contributed by atoms with Gasteiger partial charge in [0.2, 0.25) is 11.8 Å². The molecule has 39 heavy (non-hydrogen) atoms. The van der Waals surface area contributed by atoms with Crippen molar-refractivity contribution in [2.24, 2.45) is 10.9 Å². The lowest BCUT2D eigenvalue weighted by molar-refractivity contribution is -0.138. The summed E-state index contributed by atoms with van der Waals surface area (Å²) in [6.07, 6.45) is 8.07. The molecule has 2 unspecified atom stereocenters. The molecule has 2 amide bonds. The second-order valence-corrected chi connectivity index (χ2v) is 10.1. The molecule has 0 bridgehead atoms. The Labute approximate surface area is 224 Å². The van der Waals surface area contributed by atoms with Crippen LogP contribution in [0, 0.1) is 5.92 Å². The SMILES string of the molecule is O=C(O)c1ccc2c(C(=NC3=CC4CCN(C(=O)CN5CCCC5=O)C4C=C3)c3ccccc3)c(O)[nH]c2c1. The second-order valence-electron chi connectivity index (χ2n) is 10.1. The van der Waals surface area contributed by atoms with Gasteiger partial charge in [-0.2, -0.15) is 0 Å². The van der Waals surface area contributed by atoms with Gasteiger partial charge >= 0.3 is 5.97 Å². The highest BCUT2D eigenvalue weighted by atomic mass is 16.4. The smallest absolute Gasteiger partial charge is 0.335 e. The van der Waals surface area contributed by atoms with E-state index in [1.54, 1.807) is 11.0 Å². The van der Waals surface area contributed by atoms with Crippen LogP contribution in [0.25, 0.3) is 10.9 Å². The number of H-pyrrole nitrogens is 1. The van der Waals surface area contributed by atoms with Crippen LogP contribution >= 0.6 is 0 Å². The van der Waals surface area contributed by atoms with Crippen molar-refractivity contribution in [3.63, 3.8) is 0 Å². The van der Waals surface area contributed by atoms with Crippen molar-refractivity contribution in [3.05, 3.63) is 89.1 Å². The number of carbonyl (C=O) groups is 3. The number of hydrogen-bond donors (Lipinski definition) is 3. The number of allylic oxidation sites excluding steroid dienone is 1. The first-order valence-corrected chi connectivity index (χ1v) is 13.1. The number of carbonyl (C=O) groups excluding carboxylic acids is 2. The molecule has 9 nitrogen and oxygen atoms in total. The van der Waals surface area contributed by atoms with Crippen molar-refractivity contribution in [2.75, 3.05) is 19.6 Å². The summed E-state index contributed by atoms with van der Waals surface area (Å²) in [5, 5.41) is 21.0. The molecule has 3 aromatic rings. The number of nitrogens with zero attached hydrogens (tertiary/aromatic N) is 3. The minimum atomic E-state index is -1.05. The number of fused-ring (bicyclic) bond motifs is 2. The molecule has 1 aliphatic carbocycles. The number of aliphatic imine (C=N–C) groups is 1. The molecule has 1 aromatic heterocycles. The Hall–Kier alpha value is -4.66. The number of carboxylic acids is 1. The standard InChI is InChI=1S/C30H28N4O5/c35-25-7-4-13-33(25)17-26(36)34-14-12-19-15-21(9-11-24(19)34)31-28(18-5-2-1-3-6-18)27-22-10-8-20(30(38)39)16-23(22)32-29(27)37/h1-3,5-6,8-11,15-16,19,24,32,37H,4,7,12-14,17H2,(H,38,39). The Kier molecular flexibility index (Phi) is 6.26. The number of carboxylic acid groups (broad SMARTS) is 1. The average Bonchev–Trinajstić information content (AvgIpc) is 3.63. The molecule has 2 aromatic carbocycles. The van der Waals surface area contributed by atoms with Gasteiger partial charge in [0, 0.05) is 41.9 Å². The lowest BCUT2D eigenvalue weighted by atomic mass is 9.94. The maximum absolute atomic E-state index is 13.0. The predicted molar refractivity (Wildman–Crippen MR) is 146 cm³/mol. The minimum absolute atomic E-state index is 0.0304. The van der Waals surface area contributed by atoms with E-state index in [1.807, 2.05) is 47.4 Å². The van der Waals surface area contributed by atoms with Crippen molar-refractivity contribution < 1.29 is 24.6 Å². The van der Waals surface area contributed by atoms with Crippen molar-refractivity contribution >= 4 is 34.4 Å². The fourth-order valence-electron chi connectivity index (χ4n) is 5.78. The molecule has 6 rings (SSSR count). The summed E-state index contributed by atoms with van der Waals surface area (Å²) in [6, 6.07) is 14.1. The third-order valence-electron chi connectivity index (χ3n) is 7.72. The normalized spacial score (nSPS) is 21.0. The molecule has 2 aliphatic heterocycles. The zero-order valence-electron chi connectivity index (χ0n) is 21.2. The van der Waals surface area contributed by atoms with Gasteiger partial charge in [0.25, 0.3) is 0 Å². The molecule has 2 saturated heterocycles. The van der Waals surface area contributed by atoms with Crippen molar-refractivity contribution in [1.29, 1.82) is 0 Å². The van der Waals surface area contributed by atoms with Gasteiger partial charge in [-0.05, 0) is 31.1 Å². The summed E-state index contributed by atoms with van der Waals surface area (Å²) in [4.78, 5) is 47.8. The summed E-state index contributed by atoms with van der Waals surface area (Å²) in [5.74, 6) is -1.03. The van der Waals surface area contributed by atoms with Gasteiger partial charge in [-0.3, -0.25) is 9.59 Å². The Balaban J connectivity index is 1.32. The van der Waals surface area contributed by atoms with Gasteiger partial charge in [-0.1, -0.05) is 48.6 Å². The Morgan fingerprint density at radius 2 is 1.90 bits per heavy atom. The fraction of sp³-hybridized carbons (Fsp3) is 0.267. The fourth-order valence-corrected chi connectivity index (χ4v) is 5.78. The van der Waals surface area contributed by atoms with E-state index in [4.69, 9.17) is 4.99 Å². The Morgan fingerprint density at radius 1 is 1.08 bits per heavy atom. The molecular weight excluding hydrogens is 496 g/mol. The van der Waals surface area contributed by atoms with Crippen molar-refractivity contribution in [1.82, 2.24) is 14.8 Å². The van der Waals surface area contributed by atoms with E-state index < -0.39 is 5.97 Å². The van der Waals surface area contributed by atoms with Crippen molar-refractivity contribution in [2.45, 2.75) is 25.3 Å². The number of aromatic amines is 1. The quantitative estimate of drug-likeness (QED) is 0.424. The molecule has 0 radical (unpaired) electrons. The highest BCUT2D eigenvalue weighted by molar-refractivity contribution is 6.21. The zero-order chi connectivity index (χ0) is 27.1. The first-order valence-electron chi connectivity index (χ1n) is 13.1. The van der Waals surface area contributed by atoms with E-state index in [0.717, 1.165) is 24.1 Å². The van der Waals surface area contributed by atoms with Crippen LogP contribution in [0.5, 0.6) is 5.88 Å². The van der Waals surface area contributed by atoms with Crippen LogP contribution in [0.4, 0.5) is 0 Å². The average molecular weight is 525 g/mol. The summed E-state index contributed by atoms with van der Waals surface area (Å²) in [5.41, 5.74) is 3.17. The monoisotopic (exact) mass is 524 g/mol. The summed E-state index contributed by atoms with van der Waals surface area (Å²) >= 11 is 0. The highest BCUT2D eigenvalue weighted by Crippen LogP contribution is 2.34. The summed E-state index contributed by atoms with van der Waals surface area (Å²) in [7, 11) is 0. The number of benzene rings is 2. The van der Waals surface area contributed by atoms with Crippen LogP contribution in [-0.2, 0) is 9.59 Å². The molecule has 0 saturated carbocycles. The summed E-state index contributed by atoms with van der Waals surface area (Å²) < 4.78 is 0. The Bertz CT molecular complexity index is 1570. The second kappa shape index (κ2) is 9.90. The van der Waals surface area contributed by atoms with E-state index >= 15 is 0 Å². The first-order chi connectivity index (χ1) is 18.9. The van der Waals surface area contributed by atoms with Crippen molar-refractivity contribution in [3.8, 4) is 5.88 Å². The lowest BCUT2D eigenvalue weighted by Gasteiger charge is -2.28. The largest absolute Gasteiger partial charge is 0.494 e. The van der Waals surface area contributed by atoms with E-state index in [0.29, 0.717) is 41.7 Å². The number of rotatable bonds is 6. The predicted octanol–water partition coefficient (Wildman–Crippen LogP) is 3.70. The van der Waals surface area contributed by atoms with Gasteiger partial charge in [0.05, 0.1) is 35.1 Å². The van der Waals surface area contributed by atoms with E-state index in [9.17, 15) is 24.6 Å². The molecule has 3 N–H and O–H groups in total. The van der Waals surface area contributed by atoms with Gasteiger partial charge in [-0.15, -0.1) is 0 Å². The van der Waals surface area contributed by atoms with Crippen LogP contribution < -0.4 is 0 Å². The third kappa shape index (κ3) is 4.60. The molecule has 3 aliphatic rings. The van der Waals surface area contributed by atoms with Gasteiger partial charge < -0.3 is 25.0 Å². The minimum Gasteiger partial charge on any atom is -0.494 e. The van der Waals surface area contributed by atoms with Crippen LogP contribution in [0.2, 0.25) is 0 Å². The number of hydrogen-bond acceptors (Lipinski definition) is 5. The number of amides is 2. The summed E-state index contributed by atoms with van der Waals surface area (Å²) in [6.45, 7) is 1.39. The topological polar surface area (TPSA) is 126 Å². The number of nitrogens with one attached hydrogen (secondary N) is 1. The number of aromatic hydroxyl groups is 1.